The number of aliphatic hydroxyl groups is 1. The Labute approximate surface area is 70.2 Å². The van der Waals surface area contributed by atoms with Crippen molar-refractivity contribution in [3.8, 4) is 0 Å². The highest BCUT2D eigenvalue weighted by molar-refractivity contribution is 5.93. The number of nitrogens with one attached hydrogen (secondary N) is 2. The summed E-state index contributed by atoms with van der Waals surface area (Å²) in [5.41, 5.74) is 5.17. The molecule has 1 aromatic carbocycles. The van der Waals surface area contributed by atoms with E-state index in [2.05, 4.69) is 10.9 Å². The normalized spacial score (nSPS) is 9.42. The Morgan fingerprint density at radius 3 is 2.58 bits per heavy atom. The fraction of sp³-hybridized carbons (Fsp3) is 0.125. The maximum absolute atomic E-state index is 11.1. The highest BCUT2D eigenvalue weighted by atomic mass is 16.3. The van der Waals surface area contributed by atoms with E-state index in [0.29, 0.717) is 5.56 Å². The Hall–Kier alpha value is -1.39. The van der Waals surface area contributed by atoms with Crippen LogP contribution in [0.5, 0.6) is 0 Å². The number of amides is 1. The molecule has 0 atom stereocenters. The zero-order valence-corrected chi connectivity index (χ0v) is 6.45. The van der Waals surface area contributed by atoms with Gasteiger partial charge in [0.1, 0.15) is 6.73 Å². The van der Waals surface area contributed by atoms with Gasteiger partial charge in [0.2, 0.25) is 0 Å². The molecule has 0 aliphatic rings. The molecule has 0 aliphatic carbocycles. The lowest BCUT2D eigenvalue weighted by atomic mass is 10.2. The van der Waals surface area contributed by atoms with Crippen LogP contribution < -0.4 is 10.9 Å². The summed E-state index contributed by atoms with van der Waals surface area (Å²) < 4.78 is 0. The van der Waals surface area contributed by atoms with Crippen LogP contribution in [0.3, 0.4) is 0 Å². The van der Waals surface area contributed by atoms with E-state index in [9.17, 15) is 4.79 Å². The molecule has 4 heteroatoms. The van der Waals surface area contributed by atoms with Crippen LogP contribution in [0.2, 0.25) is 0 Å². The third-order valence-electron chi connectivity index (χ3n) is 1.32. The van der Waals surface area contributed by atoms with Gasteiger partial charge in [-0.3, -0.25) is 10.2 Å². The van der Waals surface area contributed by atoms with E-state index >= 15 is 0 Å². The molecule has 1 rings (SSSR count). The first kappa shape index (κ1) is 8.70. The van der Waals surface area contributed by atoms with Gasteiger partial charge in [0, 0.05) is 5.56 Å². The number of carbonyl (C=O) groups is 1. The Balaban J connectivity index is 2.54. The zero-order chi connectivity index (χ0) is 8.81. The Morgan fingerprint density at radius 2 is 2.00 bits per heavy atom. The molecule has 0 saturated carbocycles. The van der Waals surface area contributed by atoms with Gasteiger partial charge in [-0.2, -0.15) is 0 Å². The molecule has 0 unspecified atom stereocenters. The Morgan fingerprint density at radius 1 is 1.33 bits per heavy atom. The SMILES string of the molecule is O=C(NNCO)c1ccccc1. The fourth-order valence-corrected chi connectivity index (χ4v) is 0.782. The maximum Gasteiger partial charge on any atom is 0.265 e. The number of aliphatic hydroxyl groups excluding tert-OH is 1. The van der Waals surface area contributed by atoms with Crippen molar-refractivity contribution in [2.45, 2.75) is 0 Å². The summed E-state index contributed by atoms with van der Waals surface area (Å²) in [5.74, 6) is -0.260. The van der Waals surface area contributed by atoms with Gasteiger partial charge in [-0.05, 0) is 12.1 Å². The van der Waals surface area contributed by atoms with Gasteiger partial charge in [0.05, 0.1) is 0 Å². The molecule has 0 spiro atoms. The van der Waals surface area contributed by atoms with E-state index in [-0.39, 0.29) is 12.6 Å². The van der Waals surface area contributed by atoms with Gasteiger partial charge in [0.25, 0.3) is 5.91 Å². The first-order valence-electron chi connectivity index (χ1n) is 3.53. The molecule has 3 N–H and O–H groups in total. The molecular weight excluding hydrogens is 156 g/mol. The molecule has 1 amide bonds. The molecule has 0 aromatic heterocycles. The lowest BCUT2D eigenvalue weighted by Gasteiger charge is -2.02. The summed E-state index contributed by atoms with van der Waals surface area (Å²) in [5, 5.41) is 8.34. The average molecular weight is 166 g/mol. The van der Waals surface area contributed by atoms with E-state index in [1.807, 2.05) is 6.07 Å². The molecule has 64 valence electrons. The molecule has 12 heavy (non-hydrogen) atoms. The average Bonchev–Trinajstić information content (AvgIpc) is 2.15. The van der Waals surface area contributed by atoms with Gasteiger partial charge in [-0.15, -0.1) is 0 Å². The van der Waals surface area contributed by atoms with Crippen molar-refractivity contribution in [2.24, 2.45) is 0 Å². The number of hydrazine groups is 1. The van der Waals surface area contributed by atoms with Crippen LogP contribution in [0.1, 0.15) is 10.4 Å². The van der Waals surface area contributed by atoms with Gasteiger partial charge in [-0.1, -0.05) is 18.2 Å². The van der Waals surface area contributed by atoms with Gasteiger partial charge < -0.3 is 5.11 Å². The molecule has 4 nitrogen and oxygen atoms in total. The lowest BCUT2D eigenvalue weighted by Crippen LogP contribution is -2.37. The minimum Gasteiger partial charge on any atom is -0.380 e. The van der Waals surface area contributed by atoms with Crippen LogP contribution in [0.4, 0.5) is 0 Å². The fourth-order valence-electron chi connectivity index (χ4n) is 0.782. The van der Waals surface area contributed by atoms with Crippen molar-refractivity contribution in [1.29, 1.82) is 0 Å². The van der Waals surface area contributed by atoms with Crippen molar-refractivity contribution < 1.29 is 9.90 Å². The summed E-state index contributed by atoms with van der Waals surface area (Å²) >= 11 is 0. The summed E-state index contributed by atoms with van der Waals surface area (Å²) in [6.07, 6.45) is 0. The number of benzene rings is 1. The molecule has 0 saturated heterocycles. The predicted molar refractivity (Wildman–Crippen MR) is 44.1 cm³/mol. The van der Waals surface area contributed by atoms with Crippen LogP contribution in [-0.4, -0.2) is 17.7 Å². The van der Waals surface area contributed by atoms with Crippen molar-refractivity contribution in [1.82, 2.24) is 10.9 Å². The first-order valence-corrected chi connectivity index (χ1v) is 3.53. The van der Waals surface area contributed by atoms with E-state index < -0.39 is 0 Å². The summed E-state index contributed by atoms with van der Waals surface area (Å²) in [7, 11) is 0. The topological polar surface area (TPSA) is 61.4 Å². The van der Waals surface area contributed by atoms with E-state index in [1.54, 1.807) is 24.3 Å². The predicted octanol–water partition coefficient (Wildman–Crippen LogP) is -0.129. The van der Waals surface area contributed by atoms with Crippen molar-refractivity contribution in [3.63, 3.8) is 0 Å². The van der Waals surface area contributed by atoms with Crippen LogP contribution in [0, 0.1) is 0 Å². The summed E-state index contributed by atoms with van der Waals surface area (Å²) in [6, 6.07) is 8.75. The number of hydrogen-bond acceptors (Lipinski definition) is 3. The zero-order valence-electron chi connectivity index (χ0n) is 6.45. The van der Waals surface area contributed by atoms with Crippen LogP contribution in [0.25, 0.3) is 0 Å². The summed E-state index contributed by atoms with van der Waals surface area (Å²) in [6.45, 7) is -0.279. The minimum absolute atomic E-state index is 0.260. The van der Waals surface area contributed by atoms with Gasteiger partial charge in [-0.25, -0.2) is 5.43 Å². The van der Waals surface area contributed by atoms with Crippen LogP contribution >= 0.6 is 0 Å². The molecule has 0 bridgehead atoms. The lowest BCUT2D eigenvalue weighted by molar-refractivity contribution is 0.0909. The largest absolute Gasteiger partial charge is 0.380 e. The molecule has 0 fully saturated rings. The number of carbonyl (C=O) groups excluding carboxylic acids is 1. The molecular formula is C8H10N2O2. The number of rotatable bonds is 3. The van der Waals surface area contributed by atoms with E-state index in [4.69, 9.17) is 5.11 Å². The van der Waals surface area contributed by atoms with Crippen molar-refractivity contribution in [3.05, 3.63) is 35.9 Å². The minimum atomic E-state index is -0.279. The Kier molecular flexibility index (Phi) is 3.25. The second-order valence-corrected chi connectivity index (χ2v) is 2.16. The standard InChI is InChI=1S/C8H10N2O2/c11-6-9-10-8(12)7-4-2-1-3-5-7/h1-5,9,11H,6H2,(H,10,12). The quantitative estimate of drug-likeness (QED) is 0.433. The Bertz CT molecular complexity index is 248. The highest BCUT2D eigenvalue weighted by Crippen LogP contribution is 1.96. The highest BCUT2D eigenvalue weighted by Gasteiger charge is 2.00. The summed E-state index contributed by atoms with van der Waals surface area (Å²) in [4.78, 5) is 11.1. The van der Waals surface area contributed by atoms with Gasteiger partial charge >= 0.3 is 0 Å². The van der Waals surface area contributed by atoms with E-state index in [1.165, 1.54) is 0 Å². The molecule has 0 heterocycles. The van der Waals surface area contributed by atoms with Crippen LogP contribution in [0.15, 0.2) is 30.3 Å². The third kappa shape index (κ3) is 2.34. The van der Waals surface area contributed by atoms with Crippen molar-refractivity contribution in [2.75, 3.05) is 6.73 Å². The van der Waals surface area contributed by atoms with Crippen molar-refractivity contribution >= 4 is 5.91 Å². The molecule has 0 aliphatic heterocycles. The van der Waals surface area contributed by atoms with Gasteiger partial charge in [0.15, 0.2) is 0 Å². The second-order valence-electron chi connectivity index (χ2n) is 2.16. The second kappa shape index (κ2) is 4.48. The third-order valence-corrected chi connectivity index (χ3v) is 1.32. The number of hydrogen-bond donors (Lipinski definition) is 3. The van der Waals surface area contributed by atoms with Crippen LogP contribution in [-0.2, 0) is 0 Å². The maximum atomic E-state index is 11.1. The molecule has 1 aromatic rings. The van der Waals surface area contributed by atoms with E-state index in [0.717, 1.165) is 0 Å². The first-order chi connectivity index (χ1) is 5.84. The smallest absolute Gasteiger partial charge is 0.265 e. The monoisotopic (exact) mass is 166 g/mol. The molecule has 0 radical (unpaired) electrons.